The van der Waals surface area contributed by atoms with Crippen molar-refractivity contribution in [2.24, 2.45) is 5.41 Å². The number of aromatic carboxylic acids is 1. The number of carboxylic acid groups (broad SMARTS) is 1. The molecule has 0 aliphatic carbocycles. The Hall–Kier alpha value is -4.41. The molecule has 0 spiro atoms. The first-order valence-electron chi connectivity index (χ1n) is 13.8. The first-order chi connectivity index (χ1) is 21.0. The molecule has 0 bridgehead atoms. The number of fused-ring (bicyclic) bond motifs is 1. The first kappa shape index (κ1) is 29.7. The monoisotopic (exact) mass is 621 g/mol. The molecule has 1 aliphatic rings. The number of pyridine rings is 1. The number of nitrogens with zero attached hydrogens (tertiary/aromatic N) is 3. The lowest BCUT2D eigenvalue weighted by Gasteiger charge is -2.28. The van der Waals surface area contributed by atoms with Crippen LogP contribution in [0.2, 0.25) is 5.02 Å². The minimum atomic E-state index is -1.08. The maximum atomic E-state index is 15.6. The summed E-state index contributed by atoms with van der Waals surface area (Å²) in [6.07, 6.45) is -0.0407. The highest BCUT2D eigenvalue weighted by Crippen LogP contribution is 2.40. The molecule has 0 radical (unpaired) electrons. The normalized spacial score (nSPS) is 16.0. The van der Waals surface area contributed by atoms with Gasteiger partial charge in [0.1, 0.15) is 29.9 Å². The summed E-state index contributed by atoms with van der Waals surface area (Å²) in [5, 5.41) is 9.57. The number of halogens is 4. The number of ether oxygens (including phenoxy) is 2. The Morgan fingerprint density at radius 2 is 1.86 bits per heavy atom. The van der Waals surface area contributed by atoms with E-state index in [1.54, 1.807) is 30.3 Å². The first-order valence-corrected chi connectivity index (χ1v) is 14.2. The predicted octanol–water partition coefficient (Wildman–Crippen LogP) is 7.63. The molecule has 1 fully saturated rings. The highest BCUT2D eigenvalue weighted by molar-refractivity contribution is 6.30. The molecule has 44 heavy (non-hydrogen) atoms. The van der Waals surface area contributed by atoms with Gasteiger partial charge in [0.15, 0.2) is 0 Å². The number of rotatable bonds is 8. The van der Waals surface area contributed by atoms with E-state index >= 15 is 8.78 Å². The molecular weight excluding hydrogens is 595 g/mol. The minimum Gasteiger partial charge on any atom is -0.478 e. The largest absolute Gasteiger partial charge is 0.478 e. The van der Waals surface area contributed by atoms with Crippen molar-refractivity contribution in [3.63, 3.8) is 0 Å². The average Bonchev–Trinajstić information content (AvgIpc) is 3.52. The van der Waals surface area contributed by atoms with Gasteiger partial charge in [0.05, 0.1) is 46.6 Å². The van der Waals surface area contributed by atoms with E-state index in [2.05, 4.69) is 4.98 Å². The number of hydrogen-bond donors (Lipinski definition) is 1. The molecule has 3 heterocycles. The van der Waals surface area contributed by atoms with Crippen molar-refractivity contribution in [2.75, 3.05) is 13.2 Å². The van der Waals surface area contributed by atoms with Gasteiger partial charge in [-0.2, -0.15) is 0 Å². The fourth-order valence-electron chi connectivity index (χ4n) is 5.45. The third-order valence-electron chi connectivity index (χ3n) is 7.83. The van der Waals surface area contributed by atoms with Crippen LogP contribution < -0.4 is 4.74 Å². The van der Waals surface area contributed by atoms with Crippen LogP contribution in [0.3, 0.4) is 0 Å². The van der Waals surface area contributed by atoms with Crippen molar-refractivity contribution in [1.29, 1.82) is 0 Å². The van der Waals surface area contributed by atoms with E-state index in [0.717, 1.165) is 12.1 Å². The topological polar surface area (TPSA) is 86.5 Å². The summed E-state index contributed by atoms with van der Waals surface area (Å²) in [7, 11) is 0. The molecule has 1 saturated heterocycles. The number of carbonyl (C=O) groups is 1. The Morgan fingerprint density at radius 1 is 1.05 bits per heavy atom. The fraction of sp³-hybridized carbons (Fsp3) is 0.242. The van der Waals surface area contributed by atoms with Crippen molar-refractivity contribution >= 4 is 28.6 Å². The summed E-state index contributed by atoms with van der Waals surface area (Å²) in [5.41, 5.74) is 1.63. The molecule has 6 rings (SSSR count). The molecule has 1 atom stereocenters. The Labute approximate surface area is 255 Å². The van der Waals surface area contributed by atoms with Crippen LogP contribution >= 0.6 is 11.6 Å². The standard InChI is InChI=1S/C33H27ClF3N3O4/c1-33(2)17-43-16-29(33)40-28-12-19(32(41)42)7-9-27(28)38-30(40)13-20-11-24(36)21(14-23(20)35)26-4-3-5-31(39-26)44-15-18-6-8-22(34)25(37)10-18/h3-12,14,29H,13,15-17H2,1-2H3,(H,41,42)/t29-/m1/s1. The van der Waals surface area contributed by atoms with Crippen LogP contribution in [0, 0.1) is 22.9 Å². The van der Waals surface area contributed by atoms with E-state index in [-0.39, 0.29) is 57.8 Å². The zero-order valence-electron chi connectivity index (χ0n) is 23.8. The zero-order chi connectivity index (χ0) is 31.2. The van der Waals surface area contributed by atoms with E-state index in [4.69, 9.17) is 26.1 Å². The molecule has 1 N–H and O–H groups in total. The molecule has 2 aromatic heterocycles. The summed E-state index contributed by atoms with van der Waals surface area (Å²) >= 11 is 5.73. The molecule has 0 amide bonds. The molecule has 226 valence electrons. The van der Waals surface area contributed by atoms with E-state index in [0.29, 0.717) is 35.6 Å². The van der Waals surface area contributed by atoms with Crippen LogP contribution in [-0.2, 0) is 17.8 Å². The van der Waals surface area contributed by atoms with Gasteiger partial charge < -0.3 is 19.1 Å². The van der Waals surface area contributed by atoms with Crippen LogP contribution in [0.15, 0.2) is 66.7 Å². The second-order valence-corrected chi connectivity index (χ2v) is 11.8. The Kier molecular flexibility index (Phi) is 7.81. The molecule has 11 heteroatoms. The second-order valence-electron chi connectivity index (χ2n) is 11.4. The number of benzene rings is 3. The van der Waals surface area contributed by atoms with Crippen molar-refractivity contribution in [1.82, 2.24) is 14.5 Å². The molecular formula is C33H27ClF3N3O4. The van der Waals surface area contributed by atoms with Crippen LogP contribution in [-0.4, -0.2) is 38.8 Å². The van der Waals surface area contributed by atoms with Gasteiger partial charge in [0, 0.05) is 23.5 Å². The van der Waals surface area contributed by atoms with Gasteiger partial charge in [-0.1, -0.05) is 37.6 Å². The van der Waals surface area contributed by atoms with Gasteiger partial charge in [-0.25, -0.2) is 27.9 Å². The summed E-state index contributed by atoms with van der Waals surface area (Å²) in [6, 6.07) is 15.6. The SMILES string of the molecule is CC1(C)COC[C@H]1n1c(Cc2cc(F)c(-c3cccc(OCc4ccc(Cl)c(F)c4)n3)cc2F)nc2ccc(C(=O)O)cc21. The smallest absolute Gasteiger partial charge is 0.335 e. The molecule has 5 aromatic rings. The van der Waals surface area contributed by atoms with Crippen molar-refractivity contribution in [2.45, 2.75) is 32.9 Å². The predicted molar refractivity (Wildman–Crippen MR) is 158 cm³/mol. The van der Waals surface area contributed by atoms with E-state index in [1.165, 1.54) is 24.3 Å². The van der Waals surface area contributed by atoms with Crippen LogP contribution in [0.1, 0.15) is 47.2 Å². The average molecular weight is 622 g/mol. The zero-order valence-corrected chi connectivity index (χ0v) is 24.5. The quantitative estimate of drug-likeness (QED) is 0.192. The van der Waals surface area contributed by atoms with Crippen LogP contribution in [0.25, 0.3) is 22.3 Å². The highest BCUT2D eigenvalue weighted by atomic mass is 35.5. The van der Waals surface area contributed by atoms with Crippen molar-refractivity contribution in [3.8, 4) is 17.1 Å². The summed E-state index contributed by atoms with van der Waals surface area (Å²) in [4.78, 5) is 20.7. The van der Waals surface area contributed by atoms with Gasteiger partial charge in [-0.05, 0) is 59.7 Å². The summed E-state index contributed by atoms with van der Waals surface area (Å²) < 4.78 is 58.2. The van der Waals surface area contributed by atoms with E-state index < -0.39 is 23.4 Å². The number of aromatic nitrogens is 3. The molecule has 7 nitrogen and oxygen atoms in total. The number of hydrogen-bond acceptors (Lipinski definition) is 5. The summed E-state index contributed by atoms with van der Waals surface area (Å²) in [5.74, 6) is -2.38. The third-order valence-corrected chi connectivity index (χ3v) is 8.13. The number of imidazole rings is 1. The van der Waals surface area contributed by atoms with E-state index in [9.17, 15) is 14.3 Å². The van der Waals surface area contributed by atoms with Gasteiger partial charge in [0.2, 0.25) is 5.88 Å². The Balaban J connectivity index is 1.31. The van der Waals surface area contributed by atoms with Crippen LogP contribution in [0.4, 0.5) is 13.2 Å². The van der Waals surface area contributed by atoms with Gasteiger partial charge >= 0.3 is 5.97 Å². The third kappa shape index (κ3) is 5.75. The highest BCUT2D eigenvalue weighted by Gasteiger charge is 2.39. The lowest BCUT2D eigenvalue weighted by Crippen LogP contribution is -2.27. The lowest BCUT2D eigenvalue weighted by atomic mass is 9.87. The van der Waals surface area contributed by atoms with Gasteiger partial charge in [-0.15, -0.1) is 0 Å². The Bertz CT molecular complexity index is 1910. The fourth-order valence-corrected chi connectivity index (χ4v) is 5.57. The summed E-state index contributed by atoms with van der Waals surface area (Å²) in [6.45, 7) is 4.93. The molecule has 1 aliphatic heterocycles. The molecule has 0 unspecified atom stereocenters. The van der Waals surface area contributed by atoms with Gasteiger partial charge in [-0.3, -0.25) is 0 Å². The maximum absolute atomic E-state index is 15.6. The molecule has 0 saturated carbocycles. The Morgan fingerprint density at radius 3 is 2.59 bits per heavy atom. The minimum absolute atomic E-state index is 0.00186. The lowest BCUT2D eigenvalue weighted by molar-refractivity contribution is 0.0697. The maximum Gasteiger partial charge on any atom is 0.335 e. The van der Waals surface area contributed by atoms with Crippen LogP contribution in [0.5, 0.6) is 5.88 Å². The number of carboxylic acids is 1. The van der Waals surface area contributed by atoms with Gasteiger partial charge in [0.25, 0.3) is 0 Å². The second kappa shape index (κ2) is 11.6. The molecule has 3 aromatic carbocycles. The van der Waals surface area contributed by atoms with E-state index in [1.807, 2.05) is 18.4 Å². The van der Waals surface area contributed by atoms with Crippen molar-refractivity contribution < 1.29 is 32.5 Å². The van der Waals surface area contributed by atoms with Crippen molar-refractivity contribution in [3.05, 3.63) is 112 Å².